The van der Waals surface area contributed by atoms with Crippen molar-refractivity contribution in [1.29, 1.82) is 0 Å². The van der Waals surface area contributed by atoms with Crippen molar-refractivity contribution < 1.29 is 36.3 Å². The maximum atomic E-state index is 13.6. The Hall–Kier alpha value is -4.20. The van der Waals surface area contributed by atoms with Gasteiger partial charge in [0.15, 0.2) is 5.01 Å². The first-order chi connectivity index (χ1) is 23.7. The van der Waals surface area contributed by atoms with Crippen LogP contribution in [0.4, 0.5) is 19.0 Å². The smallest absolute Gasteiger partial charge is 0.475 e. The number of amides is 1. The molecule has 1 aliphatic carbocycles. The highest BCUT2D eigenvalue weighted by Crippen LogP contribution is 2.38. The summed E-state index contributed by atoms with van der Waals surface area (Å²) in [6.45, 7) is 8.21. The Morgan fingerprint density at radius 2 is 1.84 bits per heavy atom. The van der Waals surface area contributed by atoms with E-state index in [0.29, 0.717) is 30.4 Å². The highest BCUT2D eigenvalue weighted by atomic mass is 32.2. The number of fused-ring (bicyclic) bond motifs is 2. The van der Waals surface area contributed by atoms with Crippen LogP contribution < -0.4 is 10.0 Å². The third-order valence-electron chi connectivity index (χ3n) is 8.42. The summed E-state index contributed by atoms with van der Waals surface area (Å²) in [5, 5.41) is 17.6. The number of hydrogen-bond acceptors (Lipinski definition) is 10. The average Bonchev–Trinajstić information content (AvgIpc) is 3.71. The van der Waals surface area contributed by atoms with Gasteiger partial charge in [-0.15, -0.1) is 0 Å². The van der Waals surface area contributed by atoms with Crippen LogP contribution in [0, 0.1) is 11.3 Å². The summed E-state index contributed by atoms with van der Waals surface area (Å²) in [4.78, 5) is 39.3. The van der Waals surface area contributed by atoms with Gasteiger partial charge >= 0.3 is 22.4 Å². The second-order valence-corrected chi connectivity index (χ2v) is 16.4. The number of aliphatic carboxylic acids is 1. The van der Waals surface area contributed by atoms with Gasteiger partial charge in [0, 0.05) is 51.0 Å². The predicted molar refractivity (Wildman–Crippen MR) is 186 cm³/mol. The first-order valence-corrected chi connectivity index (χ1v) is 18.2. The minimum atomic E-state index is -5.08. The lowest BCUT2D eigenvalue weighted by atomic mass is 9.71. The number of halogens is 3. The normalized spacial score (nSPS) is 15.6. The molecule has 4 aromatic rings. The van der Waals surface area contributed by atoms with E-state index in [1.54, 1.807) is 24.5 Å². The lowest BCUT2D eigenvalue weighted by Crippen LogP contribution is -2.32. The van der Waals surface area contributed by atoms with Crippen LogP contribution >= 0.6 is 11.3 Å². The lowest BCUT2D eigenvalue weighted by molar-refractivity contribution is -0.192. The molecule has 0 bridgehead atoms. The van der Waals surface area contributed by atoms with Crippen LogP contribution in [-0.4, -0.2) is 93.6 Å². The van der Waals surface area contributed by atoms with Gasteiger partial charge in [-0.1, -0.05) is 38.2 Å². The summed E-state index contributed by atoms with van der Waals surface area (Å²) in [5.41, 5.74) is 5.07. The molecule has 51 heavy (non-hydrogen) atoms. The predicted octanol–water partition coefficient (Wildman–Crippen LogP) is 4.81. The molecule has 0 radical (unpaired) electrons. The number of hydrogen-bond donors (Lipinski definition) is 4. The van der Waals surface area contributed by atoms with Crippen LogP contribution in [-0.2, 0) is 34.4 Å². The zero-order chi connectivity index (χ0) is 37.7. The number of carboxylic acid groups (broad SMARTS) is 1. The van der Waals surface area contributed by atoms with E-state index < -0.39 is 22.4 Å². The third-order valence-corrected chi connectivity index (χ3v) is 10.8. The molecule has 0 aromatic carbocycles. The van der Waals surface area contributed by atoms with Gasteiger partial charge in [-0.2, -0.15) is 31.0 Å². The number of carbonyl (C=O) groups is 2. The van der Waals surface area contributed by atoms with Crippen molar-refractivity contribution in [2.24, 2.45) is 11.3 Å². The van der Waals surface area contributed by atoms with Crippen LogP contribution in [0.5, 0.6) is 0 Å². The summed E-state index contributed by atoms with van der Waals surface area (Å²) in [6, 6.07) is 7.03. The molecule has 5 rings (SSSR count). The number of alkyl halides is 3. The van der Waals surface area contributed by atoms with Crippen molar-refractivity contribution in [2.75, 3.05) is 32.4 Å². The summed E-state index contributed by atoms with van der Waals surface area (Å²) in [5.74, 6) is -2.26. The van der Waals surface area contributed by atoms with E-state index >= 15 is 0 Å². The van der Waals surface area contributed by atoms with E-state index in [1.807, 2.05) is 13.1 Å². The van der Waals surface area contributed by atoms with Crippen molar-refractivity contribution in [3.63, 3.8) is 0 Å². The summed E-state index contributed by atoms with van der Waals surface area (Å²) in [6.07, 6.45) is 1.84. The molecule has 1 aliphatic rings. The molecule has 4 aromatic heterocycles. The Kier molecular flexibility index (Phi) is 12.4. The van der Waals surface area contributed by atoms with Crippen molar-refractivity contribution >= 4 is 49.6 Å². The molecular weight excluding hydrogens is 712 g/mol. The first kappa shape index (κ1) is 39.6. The zero-order valence-corrected chi connectivity index (χ0v) is 30.7. The van der Waals surface area contributed by atoms with E-state index in [1.165, 1.54) is 31.0 Å². The number of thiazole rings is 1. The number of carbonyl (C=O) groups excluding carboxylic acids is 1. The molecule has 0 unspecified atom stereocenters. The molecule has 0 saturated carbocycles. The molecule has 4 N–H and O–H groups in total. The Bertz CT molecular complexity index is 1910. The summed E-state index contributed by atoms with van der Waals surface area (Å²) < 4.78 is 59.7. The fourth-order valence-electron chi connectivity index (χ4n) is 5.38. The molecule has 14 nitrogen and oxygen atoms in total. The van der Waals surface area contributed by atoms with Crippen molar-refractivity contribution in [3.8, 4) is 0 Å². The Balaban J connectivity index is 0.000000755. The fraction of sp³-hybridized carbons (Fsp3) is 0.500. The second-order valence-electron chi connectivity index (χ2n) is 13.5. The number of carboxylic acids is 1. The van der Waals surface area contributed by atoms with Gasteiger partial charge in [0.25, 0.3) is 5.91 Å². The number of nitrogens with one attached hydrogen (secondary N) is 3. The molecule has 1 amide bonds. The van der Waals surface area contributed by atoms with Gasteiger partial charge in [-0.05, 0) is 73.4 Å². The number of rotatable bonds is 11. The highest BCUT2D eigenvalue weighted by Gasteiger charge is 2.38. The summed E-state index contributed by atoms with van der Waals surface area (Å²) >= 11 is 1.31. The molecular formula is C32H42F3N9O5S2. The van der Waals surface area contributed by atoms with Crippen molar-refractivity contribution in [3.05, 3.63) is 64.2 Å². The maximum absolute atomic E-state index is 13.6. The fourth-order valence-corrected chi connectivity index (χ4v) is 6.79. The van der Waals surface area contributed by atoms with Crippen LogP contribution in [0.2, 0.25) is 0 Å². The van der Waals surface area contributed by atoms with Gasteiger partial charge in [-0.25, -0.2) is 19.7 Å². The zero-order valence-electron chi connectivity index (χ0n) is 29.1. The molecule has 2 atom stereocenters. The molecule has 0 aliphatic heterocycles. The molecule has 4 heterocycles. The number of H-pyrrole nitrogens is 1. The Labute approximate surface area is 298 Å². The molecule has 19 heteroatoms. The van der Waals surface area contributed by atoms with E-state index in [-0.39, 0.29) is 23.2 Å². The van der Waals surface area contributed by atoms with Gasteiger partial charge in [0.05, 0.1) is 6.04 Å². The minimum absolute atomic E-state index is 0.193. The largest absolute Gasteiger partial charge is 0.490 e. The number of nitrogens with zero attached hydrogens (tertiary/aromatic N) is 6. The van der Waals surface area contributed by atoms with E-state index in [9.17, 15) is 26.4 Å². The number of aromatic amines is 1. The number of pyridine rings is 2. The van der Waals surface area contributed by atoms with Crippen molar-refractivity contribution in [2.45, 2.75) is 65.2 Å². The van der Waals surface area contributed by atoms with Gasteiger partial charge in [0.1, 0.15) is 16.2 Å². The molecule has 0 saturated heterocycles. The van der Waals surface area contributed by atoms with Crippen LogP contribution in [0.3, 0.4) is 0 Å². The van der Waals surface area contributed by atoms with Gasteiger partial charge in [-0.3, -0.25) is 14.6 Å². The van der Waals surface area contributed by atoms with E-state index in [0.717, 1.165) is 50.9 Å². The Morgan fingerprint density at radius 3 is 2.41 bits per heavy atom. The standard InChI is InChI=1S/C30H41N9O3S2.C2HF3O2/c1-30(2,3)21-8-9-23-20(15-21)16-25-28(34-23)43-29(35-25)27(40)33-24(12-14-39(6)18-22-11-13-32-36-22)19-7-10-26(31-17-19)37-44(41,42)38(4)5;3-2(4,5)1(6)7/h7,10-11,13,16-17,21,24H,8-9,12,14-15,18H2,1-6H3,(H,31,37)(H,32,36)(H,33,40);(H,6,7)/t21-,24+;/m0./s1. The lowest BCUT2D eigenvalue weighted by Gasteiger charge is -2.34. The average molecular weight is 754 g/mol. The number of aryl methyl sites for hydroxylation is 1. The monoisotopic (exact) mass is 753 g/mol. The number of anilines is 1. The van der Waals surface area contributed by atoms with E-state index in [4.69, 9.17) is 19.9 Å². The SMILES string of the molecule is CN(CC[C@@H](NC(=O)c1nc2cc3c(nc2s1)CC[C@H](C(C)(C)C)C3)c1ccc(NS(=O)(=O)N(C)C)nc1)Cc1ccn[nH]1.O=C(O)C(F)(F)F. The first-order valence-electron chi connectivity index (χ1n) is 16.0. The van der Waals surface area contributed by atoms with Crippen molar-refractivity contribution in [1.82, 2.24) is 39.7 Å². The maximum Gasteiger partial charge on any atom is 0.490 e. The van der Waals surface area contributed by atoms with Crippen LogP contribution in [0.15, 0.2) is 36.7 Å². The van der Waals surface area contributed by atoms with Crippen LogP contribution in [0.1, 0.15) is 72.0 Å². The molecule has 0 fully saturated rings. The number of aromatic nitrogens is 5. The molecule has 278 valence electrons. The quantitative estimate of drug-likeness (QED) is 0.166. The van der Waals surface area contributed by atoms with Crippen LogP contribution in [0.25, 0.3) is 10.3 Å². The topological polar surface area (TPSA) is 186 Å². The third kappa shape index (κ3) is 10.9. The highest BCUT2D eigenvalue weighted by molar-refractivity contribution is 7.90. The second kappa shape index (κ2) is 16.0. The minimum Gasteiger partial charge on any atom is -0.475 e. The van der Waals surface area contributed by atoms with Gasteiger partial charge < -0.3 is 15.3 Å². The van der Waals surface area contributed by atoms with Gasteiger partial charge in [0.2, 0.25) is 0 Å². The van der Waals surface area contributed by atoms with E-state index in [2.05, 4.69) is 57.0 Å². The Morgan fingerprint density at radius 1 is 1.14 bits per heavy atom. The molecule has 0 spiro atoms. The summed E-state index contributed by atoms with van der Waals surface area (Å²) in [7, 11) is 1.19.